The Morgan fingerprint density at radius 2 is 2.00 bits per heavy atom. The number of ether oxygens (including phenoxy) is 1. The Kier molecular flexibility index (Phi) is 8.52. The van der Waals surface area contributed by atoms with Crippen LogP contribution in [0.3, 0.4) is 0 Å². The van der Waals surface area contributed by atoms with Gasteiger partial charge in [0.1, 0.15) is 0 Å². The maximum atomic E-state index is 6.07. The summed E-state index contributed by atoms with van der Waals surface area (Å²) in [6.45, 7) is 7.49. The lowest BCUT2D eigenvalue weighted by Gasteiger charge is -2.35. The lowest BCUT2D eigenvalue weighted by Crippen LogP contribution is -2.46. The van der Waals surface area contributed by atoms with Gasteiger partial charge in [-0.1, -0.05) is 37.1 Å². The summed E-state index contributed by atoms with van der Waals surface area (Å²) in [6.07, 6.45) is 2.35. The molecule has 1 aliphatic heterocycles. The van der Waals surface area contributed by atoms with Crippen molar-refractivity contribution >= 4 is 17.6 Å². The molecule has 1 fully saturated rings. The summed E-state index contributed by atoms with van der Waals surface area (Å²) in [7, 11) is 3.94. The fraction of sp³-hybridized carbons (Fsp3) is 0.632. The van der Waals surface area contributed by atoms with Crippen molar-refractivity contribution in [2.75, 3.05) is 53.5 Å². The Balaban J connectivity index is 2.05. The molecule has 1 aromatic carbocycles. The molecule has 1 unspecified atom stereocenters. The lowest BCUT2D eigenvalue weighted by molar-refractivity contribution is 0.0169. The van der Waals surface area contributed by atoms with E-state index < -0.39 is 0 Å². The van der Waals surface area contributed by atoms with E-state index in [9.17, 15) is 0 Å². The van der Waals surface area contributed by atoms with Crippen molar-refractivity contribution in [3.05, 3.63) is 34.9 Å². The monoisotopic (exact) mass is 366 g/mol. The Bertz CT molecular complexity index is 529. The van der Waals surface area contributed by atoms with E-state index in [1.165, 1.54) is 18.4 Å². The van der Waals surface area contributed by atoms with E-state index in [0.29, 0.717) is 0 Å². The highest BCUT2D eigenvalue weighted by Crippen LogP contribution is 2.23. The molecule has 1 N–H and O–H groups in total. The van der Waals surface area contributed by atoms with E-state index in [0.717, 1.165) is 50.4 Å². The SMILES string of the molecule is CCCCN(C)C(=NC)NCC(c1ccc(Cl)cc1)N1CCOCC1. The zero-order chi connectivity index (χ0) is 18.1. The molecule has 6 heteroatoms. The number of benzene rings is 1. The largest absolute Gasteiger partial charge is 0.379 e. The fourth-order valence-corrected chi connectivity index (χ4v) is 3.23. The third-order valence-corrected chi connectivity index (χ3v) is 4.87. The summed E-state index contributed by atoms with van der Waals surface area (Å²) in [5.74, 6) is 0.945. The molecule has 0 aliphatic carbocycles. The second-order valence-electron chi connectivity index (χ2n) is 6.42. The number of halogens is 1. The number of unbranched alkanes of at least 4 members (excludes halogenated alkanes) is 1. The number of aliphatic imine (C=N–C) groups is 1. The highest BCUT2D eigenvalue weighted by molar-refractivity contribution is 6.30. The van der Waals surface area contributed by atoms with Crippen LogP contribution in [0.4, 0.5) is 0 Å². The van der Waals surface area contributed by atoms with Gasteiger partial charge in [-0.3, -0.25) is 9.89 Å². The molecule has 0 amide bonds. The summed E-state index contributed by atoms with van der Waals surface area (Å²) < 4.78 is 5.52. The van der Waals surface area contributed by atoms with Crippen LogP contribution in [0.5, 0.6) is 0 Å². The zero-order valence-corrected chi connectivity index (χ0v) is 16.4. The molecule has 1 atom stereocenters. The minimum Gasteiger partial charge on any atom is -0.379 e. The number of hydrogen-bond acceptors (Lipinski definition) is 3. The maximum absolute atomic E-state index is 6.07. The molecule has 140 valence electrons. The molecular formula is C19H31ClN4O. The molecule has 2 rings (SSSR count). The molecular weight excluding hydrogens is 336 g/mol. The van der Waals surface area contributed by atoms with E-state index in [1.807, 2.05) is 19.2 Å². The average molecular weight is 367 g/mol. The van der Waals surface area contributed by atoms with E-state index in [1.54, 1.807) is 0 Å². The van der Waals surface area contributed by atoms with Gasteiger partial charge in [0.15, 0.2) is 5.96 Å². The quantitative estimate of drug-likeness (QED) is 0.594. The highest BCUT2D eigenvalue weighted by Gasteiger charge is 2.23. The van der Waals surface area contributed by atoms with Crippen LogP contribution in [-0.4, -0.2) is 69.2 Å². The Morgan fingerprint density at radius 1 is 1.32 bits per heavy atom. The van der Waals surface area contributed by atoms with Crippen LogP contribution in [0.15, 0.2) is 29.3 Å². The van der Waals surface area contributed by atoms with Gasteiger partial charge in [0.05, 0.1) is 19.3 Å². The molecule has 0 bridgehead atoms. The summed E-state index contributed by atoms with van der Waals surface area (Å²) in [5, 5.41) is 4.32. The lowest BCUT2D eigenvalue weighted by atomic mass is 10.0. The molecule has 0 aromatic heterocycles. The normalized spacial score (nSPS) is 17.4. The van der Waals surface area contributed by atoms with E-state index >= 15 is 0 Å². The van der Waals surface area contributed by atoms with Crippen molar-refractivity contribution in [3.63, 3.8) is 0 Å². The van der Waals surface area contributed by atoms with Crippen LogP contribution < -0.4 is 5.32 Å². The van der Waals surface area contributed by atoms with Gasteiger partial charge in [-0.2, -0.15) is 0 Å². The Morgan fingerprint density at radius 3 is 2.60 bits per heavy atom. The predicted octanol–water partition coefficient (Wildman–Crippen LogP) is 3.02. The van der Waals surface area contributed by atoms with Crippen molar-refractivity contribution in [1.29, 1.82) is 0 Å². The second-order valence-corrected chi connectivity index (χ2v) is 6.86. The zero-order valence-electron chi connectivity index (χ0n) is 15.7. The first-order chi connectivity index (χ1) is 12.2. The van der Waals surface area contributed by atoms with E-state index in [2.05, 4.69) is 46.2 Å². The number of hydrogen-bond donors (Lipinski definition) is 1. The molecule has 5 nitrogen and oxygen atoms in total. The van der Waals surface area contributed by atoms with Crippen molar-refractivity contribution in [1.82, 2.24) is 15.1 Å². The first-order valence-electron chi connectivity index (χ1n) is 9.14. The fourth-order valence-electron chi connectivity index (χ4n) is 3.11. The summed E-state index contributed by atoms with van der Waals surface area (Å²) in [5.41, 5.74) is 1.27. The first kappa shape index (κ1) is 20.0. The van der Waals surface area contributed by atoms with Gasteiger partial charge in [-0.05, 0) is 24.1 Å². The van der Waals surface area contributed by atoms with Crippen molar-refractivity contribution in [3.8, 4) is 0 Å². The highest BCUT2D eigenvalue weighted by atomic mass is 35.5. The topological polar surface area (TPSA) is 40.1 Å². The van der Waals surface area contributed by atoms with E-state index in [-0.39, 0.29) is 6.04 Å². The van der Waals surface area contributed by atoms with Crippen LogP contribution in [0, 0.1) is 0 Å². The Hall–Kier alpha value is -1.30. The molecule has 1 saturated heterocycles. The van der Waals surface area contributed by atoms with Crippen LogP contribution in [0.25, 0.3) is 0 Å². The molecule has 25 heavy (non-hydrogen) atoms. The Labute approximate surface area is 157 Å². The number of morpholine rings is 1. The maximum Gasteiger partial charge on any atom is 0.193 e. The van der Waals surface area contributed by atoms with Crippen molar-refractivity contribution in [2.24, 2.45) is 4.99 Å². The van der Waals surface area contributed by atoms with Gasteiger partial charge in [0, 0.05) is 45.3 Å². The number of rotatable bonds is 7. The summed E-state index contributed by atoms with van der Waals surface area (Å²) >= 11 is 6.07. The molecule has 0 spiro atoms. The number of guanidine groups is 1. The third-order valence-electron chi connectivity index (χ3n) is 4.62. The number of nitrogens with one attached hydrogen (secondary N) is 1. The van der Waals surface area contributed by atoms with Crippen molar-refractivity contribution in [2.45, 2.75) is 25.8 Å². The van der Waals surface area contributed by atoms with Crippen LogP contribution in [0.1, 0.15) is 31.4 Å². The number of nitrogens with zero attached hydrogens (tertiary/aromatic N) is 3. The molecule has 1 aliphatic rings. The van der Waals surface area contributed by atoms with Gasteiger partial charge >= 0.3 is 0 Å². The van der Waals surface area contributed by atoms with Gasteiger partial charge in [-0.25, -0.2) is 0 Å². The van der Waals surface area contributed by atoms with Crippen LogP contribution >= 0.6 is 11.6 Å². The standard InChI is InChI=1S/C19H31ClN4O/c1-4-5-10-23(3)19(21-2)22-15-18(24-11-13-25-14-12-24)16-6-8-17(20)9-7-16/h6-9,18H,4-5,10-15H2,1-3H3,(H,21,22). The minimum absolute atomic E-state index is 0.275. The second kappa shape index (κ2) is 10.6. The average Bonchev–Trinajstić information content (AvgIpc) is 2.65. The molecule has 0 saturated carbocycles. The molecule has 1 aromatic rings. The van der Waals surface area contributed by atoms with Gasteiger partial charge in [0.25, 0.3) is 0 Å². The molecule has 1 heterocycles. The summed E-state index contributed by atoms with van der Waals surface area (Å²) in [4.78, 5) is 9.10. The third kappa shape index (κ3) is 6.17. The van der Waals surface area contributed by atoms with Crippen LogP contribution in [0.2, 0.25) is 5.02 Å². The summed E-state index contributed by atoms with van der Waals surface area (Å²) in [6, 6.07) is 8.44. The van der Waals surface area contributed by atoms with E-state index in [4.69, 9.17) is 16.3 Å². The molecule has 0 radical (unpaired) electrons. The minimum atomic E-state index is 0.275. The smallest absolute Gasteiger partial charge is 0.193 e. The first-order valence-corrected chi connectivity index (χ1v) is 9.52. The predicted molar refractivity (Wildman–Crippen MR) is 105 cm³/mol. The van der Waals surface area contributed by atoms with Gasteiger partial charge < -0.3 is 15.0 Å². The van der Waals surface area contributed by atoms with Crippen LogP contribution in [-0.2, 0) is 4.74 Å². The van der Waals surface area contributed by atoms with Gasteiger partial charge in [-0.15, -0.1) is 0 Å². The van der Waals surface area contributed by atoms with Gasteiger partial charge in [0.2, 0.25) is 0 Å². The van der Waals surface area contributed by atoms with Crippen molar-refractivity contribution < 1.29 is 4.74 Å².